The number of fused-ring (bicyclic) bond motifs is 1. The van der Waals surface area contributed by atoms with Crippen LogP contribution >= 0.6 is 11.3 Å². The average molecular weight is 362 g/mol. The van der Waals surface area contributed by atoms with Gasteiger partial charge in [0, 0.05) is 10.9 Å². The van der Waals surface area contributed by atoms with Crippen LogP contribution in [0.15, 0.2) is 47.8 Å². The van der Waals surface area contributed by atoms with Crippen molar-refractivity contribution in [1.82, 2.24) is 4.98 Å². The van der Waals surface area contributed by atoms with Crippen molar-refractivity contribution in [1.29, 1.82) is 5.26 Å². The third-order valence-corrected chi connectivity index (χ3v) is 4.82. The van der Waals surface area contributed by atoms with Gasteiger partial charge in [0.1, 0.15) is 16.8 Å². The van der Waals surface area contributed by atoms with E-state index in [-0.39, 0.29) is 6.79 Å². The molecule has 1 aliphatic rings. The molecule has 6 heteroatoms. The van der Waals surface area contributed by atoms with E-state index in [0.29, 0.717) is 16.3 Å². The molecular weight excluding hydrogens is 348 g/mol. The van der Waals surface area contributed by atoms with Crippen LogP contribution in [0.1, 0.15) is 10.6 Å². The number of nitriles is 1. The van der Waals surface area contributed by atoms with Crippen LogP contribution in [0.25, 0.3) is 22.9 Å². The van der Waals surface area contributed by atoms with Crippen molar-refractivity contribution < 1.29 is 14.2 Å². The van der Waals surface area contributed by atoms with Crippen LogP contribution < -0.4 is 14.2 Å². The van der Waals surface area contributed by atoms with Gasteiger partial charge in [-0.25, -0.2) is 4.98 Å². The Kier molecular flexibility index (Phi) is 4.30. The summed E-state index contributed by atoms with van der Waals surface area (Å²) in [5.41, 5.74) is 3.19. The van der Waals surface area contributed by atoms with Crippen LogP contribution in [0.4, 0.5) is 0 Å². The number of ether oxygens (including phenoxy) is 3. The van der Waals surface area contributed by atoms with E-state index in [9.17, 15) is 5.26 Å². The molecule has 0 spiro atoms. The lowest BCUT2D eigenvalue weighted by molar-refractivity contribution is 0.174. The lowest BCUT2D eigenvalue weighted by atomic mass is 10.1. The Labute approximate surface area is 154 Å². The summed E-state index contributed by atoms with van der Waals surface area (Å²) >= 11 is 1.44. The zero-order valence-electron chi connectivity index (χ0n) is 13.9. The second-order valence-electron chi connectivity index (χ2n) is 5.55. The summed E-state index contributed by atoms with van der Waals surface area (Å²) in [6.07, 6.45) is 1.80. The first-order valence-electron chi connectivity index (χ1n) is 7.88. The number of hydrogen-bond donors (Lipinski definition) is 0. The molecule has 3 aromatic rings. The molecule has 2 heterocycles. The smallest absolute Gasteiger partial charge is 0.231 e. The molecule has 128 valence electrons. The van der Waals surface area contributed by atoms with E-state index in [1.54, 1.807) is 13.2 Å². The lowest BCUT2D eigenvalue weighted by Gasteiger charge is -2.00. The van der Waals surface area contributed by atoms with E-state index < -0.39 is 0 Å². The van der Waals surface area contributed by atoms with E-state index in [2.05, 4.69) is 11.1 Å². The van der Waals surface area contributed by atoms with Crippen LogP contribution in [0.3, 0.4) is 0 Å². The van der Waals surface area contributed by atoms with Crippen molar-refractivity contribution in [2.24, 2.45) is 0 Å². The number of allylic oxidation sites excluding steroid dienone is 1. The number of methoxy groups -OCH3 is 1. The average Bonchev–Trinajstić information content (AvgIpc) is 3.35. The van der Waals surface area contributed by atoms with Gasteiger partial charge in [0.2, 0.25) is 6.79 Å². The summed E-state index contributed by atoms with van der Waals surface area (Å²) in [7, 11) is 1.63. The topological polar surface area (TPSA) is 64.4 Å². The Bertz CT molecular complexity index is 1020. The molecule has 0 bridgehead atoms. The fraction of sp³-hybridized carbons (Fsp3) is 0.100. The molecule has 2 aromatic carbocycles. The predicted octanol–water partition coefficient (Wildman–Crippen LogP) is 4.61. The van der Waals surface area contributed by atoms with Crippen LogP contribution in [-0.2, 0) is 0 Å². The summed E-state index contributed by atoms with van der Waals surface area (Å²) < 4.78 is 15.9. The van der Waals surface area contributed by atoms with Crippen molar-refractivity contribution in [2.45, 2.75) is 0 Å². The number of hydrogen-bond acceptors (Lipinski definition) is 6. The van der Waals surface area contributed by atoms with Crippen LogP contribution in [0.5, 0.6) is 17.2 Å². The highest BCUT2D eigenvalue weighted by Crippen LogP contribution is 2.34. The molecular formula is C20H14N2O3S. The minimum absolute atomic E-state index is 0.227. The fourth-order valence-electron chi connectivity index (χ4n) is 2.60. The highest BCUT2D eigenvalue weighted by molar-refractivity contribution is 7.11. The maximum Gasteiger partial charge on any atom is 0.231 e. The molecule has 0 fully saturated rings. The van der Waals surface area contributed by atoms with Crippen molar-refractivity contribution in [2.75, 3.05) is 13.9 Å². The van der Waals surface area contributed by atoms with E-state index in [4.69, 9.17) is 14.2 Å². The van der Waals surface area contributed by atoms with Crippen molar-refractivity contribution in [3.63, 3.8) is 0 Å². The van der Waals surface area contributed by atoms with E-state index in [0.717, 1.165) is 28.3 Å². The Morgan fingerprint density at radius 2 is 2.00 bits per heavy atom. The number of nitrogens with zero attached hydrogens (tertiary/aromatic N) is 2. The second kappa shape index (κ2) is 6.90. The monoisotopic (exact) mass is 362 g/mol. The molecule has 0 atom stereocenters. The van der Waals surface area contributed by atoms with E-state index in [1.807, 2.05) is 47.8 Å². The molecule has 0 radical (unpaired) electrons. The van der Waals surface area contributed by atoms with Gasteiger partial charge in [-0.15, -0.1) is 11.3 Å². The van der Waals surface area contributed by atoms with Crippen LogP contribution in [0, 0.1) is 11.3 Å². The fourth-order valence-corrected chi connectivity index (χ4v) is 3.40. The van der Waals surface area contributed by atoms with Gasteiger partial charge < -0.3 is 14.2 Å². The van der Waals surface area contributed by atoms with Gasteiger partial charge in [-0.1, -0.05) is 6.07 Å². The molecule has 0 N–H and O–H groups in total. The van der Waals surface area contributed by atoms with E-state index in [1.165, 1.54) is 11.3 Å². The quantitative estimate of drug-likeness (QED) is 0.634. The molecule has 0 unspecified atom stereocenters. The standard InChI is InChI=1S/C20H14N2O3S/c1-23-16-5-3-14(4-6-16)17-11-26-20(22-17)15(10-21)8-13-2-7-18-19(9-13)25-12-24-18/h2-9,11H,12H2,1H3/b15-8+. The molecule has 0 saturated carbocycles. The molecule has 0 amide bonds. The lowest BCUT2D eigenvalue weighted by Crippen LogP contribution is -1.92. The van der Waals surface area contributed by atoms with Crippen LogP contribution in [-0.4, -0.2) is 18.9 Å². The van der Waals surface area contributed by atoms with Crippen molar-refractivity contribution in [3.8, 4) is 34.6 Å². The maximum atomic E-state index is 9.56. The predicted molar refractivity (Wildman–Crippen MR) is 100 cm³/mol. The molecule has 5 nitrogen and oxygen atoms in total. The molecule has 1 aromatic heterocycles. The summed E-state index contributed by atoms with van der Waals surface area (Å²) in [5.74, 6) is 2.20. The first-order chi connectivity index (χ1) is 12.8. The molecule has 4 rings (SSSR count). The minimum Gasteiger partial charge on any atom is -0.497 e. The summed E-state index contributed by atoms with van der Waals surface area (Å²) in [5, 5.41) is 12.2. The normalized spacial score (nSPS) is 12.7. The first kappa shape index (κ1) is 16.2. The number of rotatable bonds is 4. The highest BCUT2D eigenvalue weighted by Gasteiger charge is 2.14. The third-order valence-electron chi connectivity index (χ3n) is 3.95. The van der Waals surface area contributed by atoms with Gasteiger partial charge in [-0.2, -0.15) is 5.26 Å². The Morgan fingerprint density at radius 1 is 1.19 bits per heavy atom. The van der Waals surface area contributed by atoms with Gasteiger partial charge in [-0.05, 0) is 48.0 Å². The summed E-state index contributed by atoms with van der Waals surface area (Å²) in [6.45, 7) is 0.227. The molecule has 0 aliphatic carbocycles. The minimum atomic E-state index is 0.227. The summed E-state index contributed by atoms with van der Waals surface area (Å²) in [4.78, 5) is 4.61. The van der Waals surface area contributed by atoms with Crippen molar-refractivity contribution in [3.05, 3.63) is 58.4 Å². The van der Waals surface area contributed by atoms with Gasteiger partial charge in [0.05, 0.1) is 18.4 Å². The number of benzene rings is 2. The van der Waals surface area contributed by atoms with E-state index >= 15 is 0 Å². The van der Waals surface area contributed by atoms with Gasteiger partial charge in [0.15, 0.2) is 11.5 Å². The molecule has 1 aliphatic heterocycles. The zero-order valence-corrected chi connectivity index (χ0v) is 14.7. The largest absolute Gasteiger partial charge is 0.497 e. The van der Waals surface area contributed by atoms with Crippen molar-refractivity contribution >= 4 is 23.0 Å². The third kappa shape index (κ3) is 3.13. The van der Waals surface area contributed by atoms with Gasteiger partial charge in [0.25, 0.3) is 0 Å². The van der Waals surface area contributed by atoms with Gasteiger partial charge >= 0.3 is 0 Å². The SMILES string of the molecule is COc1ccc(-c2csc(/C(C#N)=C/c3ccc4c(c3)OCO4)n2)cc1. The Balaban J connectivity index is 1.63. The number of thiazole rings is 1. The second-order valence-corrected chi connectivity index (χ2v) is 6.41. The molecule has 0 saturated heterocycles. The highest BCUT2D eigenvalue weighted by atomic mass is 32.1. The maximum absolute atomic E-state index is 9.56. The summed E-state index contributed by atoms with van der Waals surface area (Å²) in [6, 6.07) is 15.5. The molecule has 26 heavy (non-hydrogen) atoms. The van der Waals surface area contributed by atoms with Gasteiger partial charge in [-0.3, -0.25) is 0 Å². The first-order valence-corrected chi connectivity index (χ1v) is 8.76. The van der Waals surface area contributed by atoms with Crippen LogP contribution in [0.2, 0.25) is 0 Å². The zero-order chi connectivity index (χ0) is 17.9. The Morgan fingerprint density at radius 3 is 2.77 bits per heavy atom. The number of aromatic nitrogens is 1. The Hall–Kier alpha value is -3.30.